The van der Waals surface area contributed by atoms with Crippen LogP contribution in [0.2, 0.25) is 0 Å². The molecule has 3 aliphatic rings. The van der Waals surface area contributed by atoms with Crippen molar-refractivity contribution in [2.45, 2.75) is 36.7 Å². The van der Waals surface area contributed by atoms with Gasteiger partial charge in [-0.05, 0) is 70.8 Å². The van der Waals surface area contributed by atoms with E-state index < -0.39 is 5.60 Å². The van der Waals surface area contributed by atoms with Crippen molar-refractivity contribution in [3.8, 4) is 22.6 Å². The van der Waals surface area contributed by atoms with Crippen LogP contribution in [0.5, 0.6) is 11.5 Å². The topological polar surface area (TPSA) is 18.5 Å². The van der Waals surface area contributed by atoms with Crippen LogP contribution in [-0.2, 0) is 11.0 Å². The van der Waals surface area contributed by atoms with E-state index >= 15 is 0 Å². The van der Waals surface area contributed by atoms with Gasteiger partial charge in [0.05, 0.1) is 7.11 Å². The lowest BCUT2D eigenvalue weighted by atomic mass is 9.73. The molecule has 0 radical (unpaired) electrons. The fourth-order valence-corrected chi connectivity index (χ4v) is 7.63. The Morgan fingerprint density at radius 1 is 0.775 bits per heavy atom. The van der Waals surface area contributed by atoms with Crippen LogP contribution in [0.25, 0.3) is 28.0 Å². The summed E-state index contributed by atoms with van der Waals surface area (Å²) < 4.78 is 27.6. The molecule has 0 saturated heterocycles. The standard InChI is InChI=1S/C37H29FO2/c1-39-27-16-13-25(14-17-27)37(24-9-3-2-4-10-24)22-19-31-34-33(28-11-5-6-12-29(28)35(31)40-37)30-18-15-26(38)23-32(30)36(34)20-7-8-21-36/h2-6,9-19,22-23H,7-8,20-21H2,1H3. The molecule has 5 aromatic rings. The highest BCUT2D eigenvalue weighted by atomic mass is 19.1. The Labute approximate surface area is 233 Å². The number of ether oxygens (including phenoxy) is 2. The first-order valence-corrected chi connectivity index (χ1v) is 14.1. The number of hydrogen-bond donors (Lipinski definition) is 0. The van der Waals surface area contributed by atoms with E-state index in [9.17, 15) is 4.39 Å². The van der Waals surface area contributed by atoms with Gasteiger partial charge in [-0.3, -0.25) is 0 Å². The third kappa shape index (κ3) is 3.09. The second-order valence-corrected chi connectivity index (χ2v) is 11.3. The fourth-order valence-electron chi connectivity index (χ4n) is 7.63. The van der Waals surface area contributed by atoms with Gasteiger partial charge in [0.1, 0.15) is 17.3 Å². The van der Waals surface area contributed by atoms with Crippen LogP contribution < -0.4 is 9.47 Å². The minimum Gasteiger partial charge on any atom is -0.497 e. The second-order valence-electron chi connectivity index (χ2n) is 11.3. The van der Waals surface area contributed by atoms with Crippen molar-refractivity contribution in [2.24, 2.45) is 0 Å². The lowest BCUT2D eigenvalue weighted by molar-refractivity contribution is 0.163. The Balaban J connectivity index is 1.44. The maximum Gasteiger partial charge on any atom is 0.178 e. The lowest BCUT2D eigenvalue weighted by Crippen LogP contribution is -2.35. The summed E-state index contributed by atoms with van der Waals surface area (Å²) in [6, 6.07) is 32.5. The summed E-state index contributed by atoms with van der Waals surface area (Å²) in [4.78, 5) is 0. The molecule has 0 N–H and O–H groups in total. The quantitative estimate of drug-likeness (QED) is 0.234. The van der Waals surface area contributed by atoms with E-state index in [0.717, 1.165) is 64.8 Å². The van der Waals surface area contributed by atoms with Gasteiger partial charge in [0.2, 0.25) is 0 Å². The summed E-state index contributed by atoms with van der Waals surface area (Å²) in [5.74, 6) is 1.55. The molecule has 1 atom stereocenters. The average Bonchev–Trinajstić information content (AvgIpc) is 3.61. The van der Waals surface area contributed by atoms with Crippen molar-refractivity contribution in [2.75, 3.05) is 7.11 Å². The van der Waals surface area contributed by atoms with Crippen LogP contribution in [0.3, 0.4) is 0 Å². The summed E-state index contributed by atoms with van der Waals surface area (Å²) in [6.07, 6.45) is 8.83. The van der Waals surface area contributed by atoms with E-state index in [0.29, 0.717) is 0 Å². The van der Waals surface area contributed by atoms with Crippen LogP contribution in [-0.4, -0.2) is 7.11 Å². The van der Waals surface area contributed by atoms with E-state index in [2.05, 4.69) is 72.8 Å². The minimum absolute atomic E-state index is 0.162. The second kappa shape index (κ2) is 8.56. The van der Waals surface area contributed by atoms with Gasteiger partial charge in [0.15, 0.2) is 5.60 Å². The van der Waals surface area contributed by atoms with Crippen LogP contribution in [0.4, 0.5) is 4.39 Å². The maximum absolute atomic E-state index is 14.8. The Morgan fingerprint density at radius 3 is 2.23 bits per heavy atom. The first kappa shape index (κ1) is 23.5. The van der Waals surface area contributed by atoms with Crippen molar-refractivity contribution in [1.82, 2.24) is 0 Å². The summed E-state index contributed by atoms with van der Waals surface area (Å²) in [7, 11) is 1.69. The number of benzene rings is 5. The monoisotopic (exact) mass is 524 g/mol. The first-order valence-electron chi connectivity index (χ1n) is 14.1. The van der Waals surface area contributed by atoms with Crippen molar-refractivity contribution in [3.63, 3.8) is 0 Å². The Kier molecular flexibility index (Phi) is 5.03. The highest BCUT2D eigenvalue weighted by molar-refractivity contribution is 6.08. The zero-order valence-electron chi connectivity index (χ0n) is 22.4. The first-order chi connectivity index (χ1) is 19.6. The molecular formula is C37H29FO2. The molecule has 2 aliphatic carbocycles. The molecule has 196 valence electrons. The van der Waals surface area contributed by atoms with Gasteiger partial charge in [0.25, 0.3) is 0 Å². The molecule has 1 fully saturated rings. The predicted octanol–water partition coefficient (Wildman–Crippen LogP) is 9.18. The third-order valence-electron chi connectivity index (χ3n) is 9.38. The molecule has 0 bridgehead atoms. The van der Waals surface area contributed by atoms with Crippen LogP contribution in [0.15, 0.2) is 103 Å². The van der Waals surface area contributed by atoms with Gasteiger partial charge in [-0.1, -0.05) is 91.7 Å². The van der Waals surface area contributed by atoms with Gasteiger partial charge in [-0.15, -0.1) is 0 Å². The highest BCUT2D eigenvalue weighted by Crippen LogP contribution is 2.62. The number of hydrogen-bond acceptors (Lipinski definition) is 2. The van der Waals surface area contributed by atoms with Gasteiger partial charge in [0, 0.05) is 27.5 Å². The molecular weight excluding hydrogens is 495 g/mol. The normalized spacial score (nSPS) is 19.8. The largest absolute Gasteiger partial charge is 0.497 e. The summed E-state index contributed by atoms with van der Waals surface area (Å²) >= 11 is 0. The molecule has 8 rings (SSSR count). The van der Waals surface area contributed by atoms with E-state index in [1.807, 2.05) is 24.3 Å². The fraction of sp³-hybridized carbons (Fsp3) is 0.189. The highest BCUT2D eigenvalue weighted by Gasteiger charge is 2.49. The van der Waals surface area contributed by atoms with Crippen molar-refractivity contribution < 1.29 is 13.9 Å². The smallest absolute Gasteiger partial charge is 0.178 e. The van der Waals surface area contributed by atoms with Crippen molar-refractivity contribution in [1.29, 1.82) is 0 Å². The van der Waals surface area contributed by atoms with Crippen molar-refractivity contribution in [3.05, 3.63) is 137 Å². The van der Waals surface area contributed by atoms with Crippen LogP contribution >= 0.6 is 0 Å². The van der Waals surface area contributed by atoms with Gasteiger partial charge >= 0.3 is 0 Å². The molecule has 1 aliphatic heterocycles. The Bertz CT molecular complexity index is 1810. The number of rotatable bonds is 3. The Morgan fingerprint density at radius 2 is 1.48 bits per heavy atom. The molecule has 1 saturated carbocycles. The number of methoxy groups -OCH3 is 1. The number of fused-ring (bicyclic) bond motifs is 10. The van der Waals surface area contributed by atoms with Crippen molar-refractivity contribution >= 4 is 16.8 Å². The molecule has 1 unspecified atom stereocenters. The number of halogens is 1. The molecule has 0 amide bonds. The molecule has 5 aromatic carbocycles. The molecule has 2 nitrogen and oxygen atoms in total. The molecule has 1 spiro atoms. The minimum atomic E-state index is -0.808. The van der Waals surface area contributed by atoms with E-state index in [4.69, 9.17) is 9.47 Å². The van der Waals surface area contributed by atoms with Crippen LogP contribution in [0.1, 0.15) is 53.5 Å². The predicted molar refractivity (Wildman–Crippen MR) is 158 cm³/mol. The summed E-state index contributed by atoms with van der Waals surface area (Å²) in [5.41, 5.74) is 7.09. The van der Waals surface area contributed by atoms with E-state index in [1.54, 1.807) is 19.2 Å². The summed E-state index contributed by atoms with van der Waals surface area (Å²) in [5, 5.41) is 2.25. The molecule has 0 aromatic heterocycles. The zero-order chi connectivity index (χ0) is 26.9. The lowest BCUT2D eigenvalue weighted by Gasteiger charge is -2.39. The maximum atomic E-state index is 14.8. The third-order valence-corrected chi connectivity index (χ3v) is 9.38. The Hall–Kier alpha value is -4.37. The van der Waals surface area contributed by atoms with E-state index in [1.165, 1.54) is 22.1 Å². The molecule has 3 heteroatoms. The van der Waals surface area contributed by atoms with Gasteiger partial charge < -0.3 is 9.47 Å². The summed E-state index contributed by atoms with van der Waals surface area (Å²) in [6.45, 7) is 0. The SMILES string of the molecule is COc1ccc(C2(c3ccccc3)C=Cc3c4c(c5ccccc5c3O2)-c2ccc(F)cc2C42CCCC2)cc1. The van der Waals surface area contributed by atoms with Gasteiger partial charge in [-0.2, -0.15) is 0 Å². The molecule has 40 heavy (non-hydrogen) atoms. The zero-order valence-corrected chi connectivity index (χ0v) is 22.4. The van der Waals surface area contributed by atoms with E-state index in [-0.39, 0.29) is 11.2 Å². The average molecular weight is 525 g/mol. The van der Waals surface area contributed by atoms with Crippen LogP contribution in [0, 0.1) is 5.82 Å². The molecule has 1 heterocycles. The van der Waals surface area contributed by atoms with Gasteiger partial charge in [-0.25, -0.2) is 4.39 Å².